The topological polar surface area (TPSA) is 29.3 Å². The summed E-state index contributed by atoms with van der Waals surface area (Å²) in [6.45, 7) is 9.21. The number of nitrogens with zero attached hydrogens (tertiary/aromatic N) is 1. The summed E-state index contributed by atoms with van der Waals surface area (Å²) < 4.78 is 0. The molecule has 2 heteroatoms. The molecule has 1 heterocycles. The second-order valence-electron chi connectivity index (χ2n) is 8.01. The zero-order valence-electron chi connectivity index (χ0n) is 13.8. The molecule has 0 radical (unpaired) electrons. The van der Waals surface area contributed by atoms with Gasteiger partial charge >= 0.3 is 0 Å². The van der Waals surface area contributed by atoms with Gasteiger partial charge in [0.05, 0.1) is 0 Å². The van der Waals surface area contributed by atoms with Crippen molar-refractivity contribution in [2.45, 2.75) is 52.5 Å². The number of fused-ring (bicyclic) bond motifs is 1. The van der Waals surface area contributed by atoms with Crippen molar-refractivity contribution in [2.24, 2.45) is 23.0 Å². The minimum Gasteiger partial charge on any atom is -0.368 e. The lowest BCUT2D eigenvalue weighted by atomic mass is 9.67. The number of hydrogen-bond donors (Lipinski definition) is 1. The molecule has 3 atom stereocenters. The Kier molecular flexibility index (Phi) is 4.00. The molecule has 1 aromatic carbocycles. The van der Waals surface area contributed by atoms with Crippen LogP contribution in [0.3, 0.4) is 0 Å². The van der Waals surface area contributed by atoms with E-state index in [2.05, 4.69) is 49.9 Å². The predicted molar refractivity (Wildman–Crippen MR) is 90.6 cm³/mol. The van der Waals surface area contributed by atoms with Gasteiger partial charge in [0.25, 0.3) is 0 Å². The highest BCUT2D eigenvalue weighted by atomic mass is 15.2. The van der Waals surface area contributed by atoms with Gasteiger partial charge in [0, 0.05) is 18.3 Å². The Morgan fingerprint density at radius 1 is 1.19 bits per heavy atom. The molecule has 1 aliphatic heterocycles. The fourth-order valence-electron chi connectivity index (χ4n) is 4.36. The third-order valence-corrected chi connectivity index (χ3v) is 5.81. The third-order valence-electron chi connectivity index (χ3n) is 5.81. The van der Waals surface area contributed by atoms with E-state index in [0.717, 1.165) is 12.5 Å². The molecule has 0 amide bonds. The first-order chi connectivity index (χ1) is 10.0. The lowest BCUT2D eigenvalue weighted by molar-refractivity contribution is 0.131. The number of hydrogen-bond acceptors (Lipinski definition) is 2. The monoisotopic (exact) mass is 286 g/mol. The van der Waals surface area contributed by atoms with Crippen LogP contribution < -0.4 is 10.6 Å². The van der Waals surface area contributed by atoms with Crippen LogP contribution in [0.2, 0.25) is 0 Å². The average Bonchev–Trinajstić information content (AvgIpc) is 2.89. The maximum Gasteiger partial charge on any atom is 0.0402 e. The van der Waals surface area contributed by atoms with Gasteiger partial charge in [-0.05, 0) is 61.1 Å². The zero-order valence-corrected chi connectivity index (χ0v) is 13.8. The van der Waals surface area contributed by atoms with E-state index in [1.54, 1.807) is 0 Å². The van der Waals surface area contributed by atoms with Crippen molar-refractivity contribution in [3.05, 3.63) is 29.8 Å². The van der Waals surface area contributed by atoms with Crippen molar-refractivity contribution in [2.75, 3.05) is 18.0 Å². The van der Waals surface area contributed by atoms with Gasteiger partial charge in [0.1, 0.15) is 0 Å². The van der Waals surface area contributed by atoms with Crippen LogP contribution in [0, 0.1) is 17.3 Å². The summed E-state index contributed by atoms with van der Waals surface area (Å²) in [4.78, 5) is 2.67. The molecular formula is C19H30N2. The molecule has 1 aromatic rings. The third kappa shape index (κ3) is 2.83. The van der Waals surface area contributed by atoms with E-state index in [9.17, 15) is 0 Å². The number of para-hydroxylation sites is 1. The number of benzene rings is 1. The van der Waals surface area contributed by atoms with E-state index in [-0.39, 0.29) is 0 Å². The smallest absolute Gasteiger partial charge is 0.0402 e. The van der Waals surface area contributed by atoms with Crippen LogP contribution in [-0.4, -0.2) is 19.1 Å². The van der Waals surface area contributed by atoms with E-state index < -0.39 is 0 Å². The minimum atomic E-state index is 0.414. The highest BCUT2D eigenvalue weighted by molar-refractivity contribution is 5.58. The van der Waals surface area contributed by atoms with Crippen LogP contribution in [0.5, 0.6) is 0 Å². The van der Waals surface area contributed by atoms with Gasteiger partial charge in [0.2, 0.25) is 0 Å². The van der Waals surface area contributed by atoms with E-state index in [1.807, 2.05) is 0 Å². The van der Waals surface area contributed by atoms with E-state index in [0.29, 0.717) is 17.4 Å². The summed E-state index contributed by atoms with van der Waals surface area (Å²) in [6.07, 6.45) is 5.14. The Labute approximate surface area is 129 Å². The average molecular weight is 286 g/mol. The molecule has 1 fully saturated rings. The van der Waals surface area contributed by atoms with Crippen molar-refractivity contribution >= 4 is 5.69 Å². The van der Waals surface area contributed by atoms with Crippen LogP contribution in [0.4, 0.5) is 5.69 Å². The molecule has 2 N–H and O–H groups in total. The number of anilines is 1. The molecule has 1 saturated carbocycles. The van der Waals surface area contributed by atoms with Crippen LogP contribution in [0.1, 0.15) is 45.6 Å². The Morgan fingerprint density at radius 2 is 1.95 bits per heavy atom. The summed E-state index contributed by atoms with van der Waals surface area (Å²) in [5.74, 6) is 1.48. The quantitative estimate of drug-likeness (QED) is 0.895. The first-order valence-electron chi connectivity index (χ1n) is 8.55. The van der Waals surface area contributed by atoms with E-state index >= 15 is 0 Å². The standard InChI is InChI=1S/C19H30N2/c1-19(2,3)16-9-8-15(13-20)18(12-16)21-11-10-14-6-4-5-7-17(14)21/h4-7,15-16,18H,8-13,20H2,1-3H3. The highest BCUT2D eigenvalue weighted by Crippen LogP contribution is 2.43. The lowest BCUT2D eigenvalue weighted by Crippen LogP contribution is -2.48. The van der Waals surface area contributed by atoms with E-state index in [4.69, 9.17) is 5.73 Å². The molecule has 3 unspecified atom stereocenters. The van der Waals surface area contributed by atoms with Crippen molar-refractivity contribution in [3.8, 4) is 0 Å². The molecule has 0 spiro atoms. The SMILES string of the molecule is CC(C)(C)C1CCC(CN)C(N2CCc3ccccc32)C1. The summed E-state index contributed by atoms with van der Waals surface area (Å²) in [7, 11) is 0. The molecule has 116 valence electrons. The maximum atomic E-state index is 6.11. The molecule has 2 aliphatic rings. The Bertz CT molecular complexity index is 489. The van der Waals surface area contributed by atoms with Gasteiger partial charge in [-0.2, -0.15) is 0 Å². The van der Waals surface area contributed by atoms with Crippen LogP contribution in [0.15, 0.2) is 24.3 Å². The first kappa shape index (κ1) is 14.9. The summed E-state index contributed by atoms with van der Waals surface area (Å²) in [6, 6.07) is 9.57. The largest absolute Gasteiger partial charge is 0.368 e. The van der Waals surface area contributed by atoms with Crippen molar-refractivity contribution in [1.82, 2.24) is 0 Å². The molecule has 2 nitrogen and oxygen atoms in total. The Morgan fingerprint density at radius 3 is 2.67 bits per heavy atom. The predicted octanol–water partition coefficient (Wildman–Crippen LogP) is 3.84. The van der Waals surface area contributed by atoms with E-state index in [1.165, 1.54) is 43.5 Å². The van der Waals surface area contributed by atoms with Crippen molar-refractivity contribution in [3.63, 3.8) is 0 Å². The van der Waals surface area contributed by atoms with Gasteiger partial charge in [-0.25, -0.2) is 0 Å². The molecule has 0 aromatic heterocycles. The van der Waals surface area contributed by atoms with Gasteiger partial charge in [-0.3, -0.25) is 0 Å². The molecule has 0 bridgehead atoms. The fourth-order valence-corrected chi connectivity index (χ4v) is 4.36. The van der Waals surface area contributed by atoms with Gasteiger partial charge < -0.3 is 10.6 Å². The van der Waals surface area contributed by atoms with Crippen LogP contribution >= 0.6 is 0 Å². The highest BCUT2D eigenvalue weighted by Gasteiger charge is 2.39. The first-order valence-corrected chi connectivity index (χ1v) is 8.55. The fraction of sp³-hybridized carbons (Fsp3) is 0.684. The lowest BCUT2D eigenvalue weighted by Gasteiger charge is -2.46. The minimum absolute atomic E-state index is 0.414. The molecule has 0 saturated heterocycles. The molecule has 1 aliphatic carbocycles. The second kappa shape index (κ2) is 5.64. The summed E-state index contributed by atoms with van der Waals surface area (Å²) >= 11 is 0. The molecular weight excluding hydrogens is 256 g/mol. The van der Waals surface area contributed by atoms with Gasteiger partial charge in [0.15, 0.2) is 0 Å². The van der Waals surface area contributed by atoms with Crippen LogP contribution in [0.25, 0.3) is 0 Å². The number of rotatable bonds is 2. The molecule has 3 rings (SSSR count). The van der Waals surface area contributed by atoms with Crippen molar-refractivity contribution < 1.29 is 0 Å². The Hall–Kier alpha value is -1.02. The summed E-state index contributed by atoms with van der Waals surface area (Å²) in [5, 5.41) is 0. The van der Waals surface area contributed by atoms with Crippen molar-refractivity contribution in [1.29, 1.82) is 0 Å². The zero-order chi connectivity index (χ0) is 15.0. The second-order valence-corrected chi connectivity index (χ2v) is 8.01. The normalized spacial score (nSPS) is 29.5. The van der Waals surface area contributed by atoms with Gasteiger partial charge in [-0.1, -0.05) is 39.0 Å². The molecule has 21 heavy (non-hydrogen) atoms. The van der Waals surface area contributed by atoms with Crippen LogP contribution in [-0.2, 0) is 6.42 Å². The maximum absolute atomic E-state index is 6.11. The Balaban J connectivity index is 1.84. The van der Waals surface area contributed by atoms with Gasteiger partial charge in [-0.15, -0.1) is 0 Å². The number of nitrogens with two attached hydrogens (primary N) is 1. The summed E-state index contributed by atoms with van der Waals surface area (Å²) in [5.41, 5.74) is 9.51.